The van der Waals surface area contributed by atoms with Crippen LogP contribution < -0.4 is 9.64 Å². The Balaban J connectivity index is 1.26. The molecule has 1 aliphatic carbocycles. The van der Waals surface area contributed by atoms with E-state index in [-0.39, 0.29) is 0 Å². The lowest BCUT2D eigenvalue weighted by atomic mass is 9.94. The Morgan fingerprint density at radius 1 is 0.528 bits per heavy atom. The standard InChI is InChI=1S/C32H19N3O/c1-3-10-28-26(8-1)35(27-9-2-4-11-29(27)36-28)21-14-12-20(13-15-21)22-16-17-25-30-23(22)6-5-7-24(30)31-32(25)34-19-18-33-31/h1-19H. The first-order chi connectivity index (χ1) is 17.9. The first-order valence-electron chi connectivity index (χ1n) is 12.0. The van der Waals surface area contributed by atoms with Gasteiger partial charge in [-0.15, -0.1) is 0 Å². The van der Waals surface area contributed by atoms with Crippen molar-refractivity contribution < 1.29 is 4.74 Å². The van der Waals surface area contributed by atoms with Gasteiger partial charge in [0.25, 0.3) is 0 Å². The van der Waals surface area contributed by atoms with Gasteiger partial charge in [0.05, 0.1) is 22.8 Å². The largest absolute Gasteiger partial charge is 0.453 e. The molecule has 0 radical (unpaired) electrons. The minimum absolute atomic E-state index is 0.856. The number of fused-ring (bicyclic) bond motifs is 5. The van der Waals surface area contributed by atoms with Crippen molar-refractivity contribution in [3.8, 4) is 45.1 Å². The predicted octanol–water partition coefficient (Wildman–Crippen LogP) is 8.52. The average molecular weight is 462 g/mol. The van der Waals surface area contributed by atoms with E-state index in [0.717, 1.165) is 51.1 Å². The summed E-state index contributed by atoms with van der Waals surface area (Å²) in [5.41, 5.74) is 9.79. The van der Waals surface area contributed by atoms with E-state index < -0.39 is 0 Å². The highest BCUT2D eigenvalue weighted by molar-refractivity contribution is 6.17. The second kappa shape index (κ2) is 7.27. The zero-order chi connectivity index (χ0) is 23.6. The zero-order valence-electron chi connectivity index (χ0n) is 19.2. The summed E-state index contributed by atoms with van der Waals surface area (Å²) >= 11 is 0. The van der Waals surface area contributed by atoms with Crippen LogP contribution in [0.1, 0.15) is 0 Å². The summed E-state index contributed by atoms with van der Waals surface area (Å²) in [5, 5.41) is 2.45. The highest BCUT2D eigenvalue weighted by Crippen LogP contribution is 2.51. The van der Waals surface area contributed by atoms with Crippen LogP contribution in [0.3, 0.4) is 0 Å². The molecule has 1 aliphatic heterocycles. The second-order valence-electron chi connectivity index (χ2n) is 9.06. The van der Waals surface area contributed by atoms with Crippen LogP contribution in [-0.2, 0) is 0 Å². The number of aromatic nitrogens is 2. The minimum Gasteiger partial charge on any atom is -0.453 e. The van der Waals surface area contributed by atoms with Crippen LogP contribution in [-0.4, -0.2) is 9.97 Å². The van der Waals surface area contributed by atoms with Crippen LogP contribution in [0.25, 0.3) is 44.4 Å². The molecule has 36 heavy (non-hydrogen) atoms. The fraction of sp³-hybridized carbons (Fsp3) is 0. The lowest BCUT2D eigenvalue weighted by Crippen LogP contribution is -2.15. The third-order valence-corrected chi connectivity index (χ3v) is 7.12. The molecule has 0 unspecified atom stereocenters. The molecule has 0 saturated heterocycles. The van der Waals surface area contributed by atoms with E-state index in [4.69, 9.17) is 4.74 Å². The van der Waals surface area contributed by atoms with Gasteiger partial charge in [0, 0.05) is 34.6 Å². The maximum absolute atomic E-state index is 6.17. The van der Waals surface area contributed by atoms with E-state index in [0.29, 0.717) is 0 Å². The third kappa shape index (κ3) is 2.64. The van der Waals surface area contributed by atoms with Crippen molar-refractivity contribution in [2.24, 2.45) is 0 Å². The van der Waals surface area contributed by atoms with Gasteiger partial charge < -0.3 is 9.64 Å². The van der Waals surface area contributed by atoms with Crippen LogP contribution in [0.4, 0.5) is 17.1 Å². The highest BCUT2D eigenvalue weighted by atomic mass is 16.5. The molecule has 6 aromatic rings. The Morgan fingerprint density at radius 3 is 1.83 bits per heavy atom. The smallest absolute Gasteiger partial charge is 0.151 e. The second-order valence-corrected chi connectivity index (χ2v) is 9.06. The molecule has 8 rings (SSSR count). The summed E-state index contributed by atoms with van der Waals surface area (Å²) < 4.78 is 6.17. The van der Waals surface area contributed by atoms with E-state index in [1.165, 1.54) is 21.9 Å². The van der Waals surface area contributed by atoms with Crippen molar-refractivity contribution in [3.63, 3.8) is 0 Å². The summed E-state index contributed by atoms with van der Waals surface area (Å²) in [6, 6.07) is 36.0. The van der Waals surface area contributed by atoms with E-state index in [2.05, 4.69) is 81.6 Å². The maximum Gasteiger partial charge on any atom is 0.151 e. The van der Waals surface area contributed by atoms with Gasteiger partial charge in [-0.1, -0.05) is 66.7 Å². The summed E-state index contributed by atoms with van der Waals surface area (Å²) in [7, 11) is 0. The van der Waals surface area contributed by atoms with Crippen molar-refractivity contribution in [1.82, 2.24) is 9.97 Å². The lowest BCUT2D eigenvalue weighted by Gasteiger charge is -2.32. The molecule has 0 amide bonds. The van der Waals surface area contributed by atoms with Crippen LogP contribution in [0, 0.1) is 0 Å². The molecule has 2 aliphatic rings. The summed E-state index contributed by atoms with van der Waals surface area (Å²) in [6.07, 6.45) is 3.54. The van der Waals surface area contributed by atoms with Crippen LogP contribution in [0.15, 0.2) is 116 Å². The topological polar surface area (TPSA) is 38.2 Å². The molecule has 5 aromatic carbocycles. The third-order valence-electron chi connectivity index (χ3n) is 7.12. The number of hydrogen-bond acceptors (Lipinski definition) is 4. The van der Waals surface area contributed by atoms with E-state index in [9.17, 15) is 0 Å². The average Bonchev–Trinajstić information content (AvgIpc) is 3.27. The summed E-state index contributed by atoms with van der Waals surface area (Å²) in [4.78, 5) is 11.5. The van der Waals surface area contributed by atoms with Gasteiger partial charge in [-0.2, -0.15) is 0 Å². The molecule has 0 bridgehead atoms. The molecule has 168 valence electrons. The van der Waals surface area contributed by atoms with Crippen molar-refractivity contribution in [2.75, 3.05) is 4.90 Å². The molecular formula is C32H19N3O. The Hall–Kier alpha value is -4.96. The van der Waals surface area contributed by atoms with E-state index in [1.54, 1.807) is 12.4 Å². The molecule has 0 atom stereocenters. The van der Waals surface area contributed by atoms with Gasteiger partial charge in [0.2, 0.25) is 0 Å². The molecule has 4 heteroatoms. The normalized spacial score (nSPS) is 12.6. The molecule has 0 spiro atoms. The summed E-state index contributed by atoms with van der Waals surface area (Å²) in [6.45, 7) is 0. The van der Waals surface area contributed by atoms with Crippen molar-refractivity contribution in [1.29, 1.82) is 0 Å². The number of hydrogen-bond donors (Lipinski definition) is 0. The first kappa shape index (κ1) is 19.4. The Bertz CT molecular complexity index is 1750. The van der Waals surface area contributed by atoms with E-state index >= 15 is 0 Å². The van der Waals surface area contributed by atoms with Gasteiger partial charge in [-0.05, 0) is 52.9 Å². The molecule has 4 nitrogen and oxygen atoms in total. The van der Waals surface area contributed by atoms with Gasteiger partial charge >= 0.3 is 0 Å². The Labute approximate surface area is 208 Å². The number of nitrogens with zero attached hydrogens (tertiary/aromatic N) is 3. The van der Waals surface area contributed by atoms with E-state index in [1.807, 2.05) is 36.4 Å². The molecule has 1 aromatic heterocycles. The number of ether oxygens (including phenoxy) is 1. The fourth-order valence-corrected chi connectivity index (χ4v) is 5.56. The quantitative estimate of drug-likeness (QED) is 0.259. The highest BCUT2D eigenvalue weighted by Gasteiger charge is 2.26. The number of rotatable bonds is 2. The van der Waals surface area contributed by atoms with Crippen LogP contribution >= 0.6 is 0 Å². The van der Waals surface area contributed by atoms with Gasteiger partial charge in [0.15, 0.2) is 11.5 Å². The van der Waals surface area contributed by atoms with Crippen molar-refractivity contribution in [3.05, 3.63) is 116 Å². The Kier molecular flexibility index (Phi) is 3.91. The predicted molar refractivity (Wildman–Crippen MR) is 144 cm³/mol. The van der Waals surface area contributed by atoms with Crippen molar-refractivity contribution >= 4 is 27.8 Å². The van der Waals surface area contributed by atoms with Gasteiger partial charge in [0.1, 0.15) is 0 Å². The maximum atomic E-state index is 6.17. The van der Waals surface area contributed by atoms with Crippen LogP contribution in [0.2, 0.25) is 0 Å². The monoisotopic (exact) mass is 461 g/mol. The van der Waals surface area contributed by atoms with Gasteiger partial charge in [-0.25, -0.2) is 0 Å². The zero-order valence-corrected chi connectivity index (χ0v) is 19.2. The molecule has 0 saturated carbocycles. The SMILES string of the molecule is c1ccc2c(c1)Oc1ccccc1N2c1ccc(-c2ccc3c4c(cccc24)-c2nccnc2-3)cc1. The number of anilines is 3. The van der Waals surface area contributed by atoms with Crippen LogP contribution in [0.5, 0.6) is 11.5 Å². The number of para-hydroxylation sites is 4. The molecule has 2 heterocycles. The van der Waals surface area contributed by atoms with Crippen molar-refractivity contribution in [2.45, 2.75) is 0 Å². The number of benzene rings is 5. The van der Waals surface area contributed by atoms with Gasteiger partial charge in [-0.3, -0.25) is 9.97 Å². The minimum atomic E-state index is 0.856. The molecular weight excluding hydrogens is 442 g/mol. The molecule has 0 fully saturated rings. The lowest BCUT2D eigenvalue weighted by molar-refractivity contribution is 0.477. The Morgan fingerprint density at radius 2 is 1.14 bits per heavy atom. The fourth-order valence-electron chi connectivity index (χ4n) is 5.56. The first-order valence-corrected chi connectivity index (χ1v) is 12.0. The summed E-state index contributed by atoms with van der Waals surface area (Å²) in [5.74, 6) is 1.71. The molecule has 0 N–H and O–H groups in total.